The highest BCUT2D eigenvalue weighted by Gasteiger charge is 2.77. The molecule has 204 valence electrons. The molecule has 0 spiro atoms. The second kappa shape index (κ2) is 10.6. The Hall–Kier alpha value is -3.69. The van der Waals surface area contributed by atoms with Crippen molar-refractivity contribution in [3.63, 3.8) is 0 Å². The molecular weight excluding hydrogens is 498 g/mol. The molecule has 14 heteroatoms. The predicted molar refractivity (Wildman–Crippen MR) is 133 cm³/mol. The van der Waals surface area contributed by atoms with Gasteiger partial charge in [-0.25, -0.2) is 15.0 Å². The summed E-state index contributed by atoms with van der Waals surface area (Å²) in [6.07, 6.45) is -0.0785. The minimum atomic E-state index is -2.69. The van der Waals surface area contributed by atoms with Gasteiger partial charge in [-0.1, -0.05) is 30.3 Å². The van der Waals surface area contributed by atoms with Crippen molar-refractivity contribution in [1.29, 1.82) is 0 Å². The lowest BCUT2D eigenvalue weighted by Crippen LogP contribution is -2.75. The Bertz CT molecular complexity index is 1310. The molecule has 2 aromatic heterocycles. The predicted octanol–water partition coefficient (Wildman–Crippen LogP) is -1.29. The van der Waals surface area contributed by atoms with Gasteiger partial charge in [0.2, 0.25) is 5.72 Å². The van der Waals surface area contributed by atoms with Gasteiger partial charge in [0.15, 0.2) is 11.5 Å². The number of amides is 1. The number of rotatable bonds is 11. The minimum Gasteiger partial charge on any atom is -0.481 e. The van der Waals surface area contributed by atoms with E-state index < -0.39 is 54.5 Å². The van der Waals surface area contributed by atoms with E-state index in [0.29, 0.717) is 6.42 Å². The Morgan fingerprint density at radius 3 is 2.58 bits per heavy atom. The van der Waals surface area contributed by atoms with E-state index in [1.165, 1.54) is 0 Å². The molecule has 0 aliphatic carbocycles. The Balaban J connectivity index is 1.92. The van der Waals surface area contributed by atoms with Crippen LogP contribution in [-0.2, 0) is 26.5 Å². The number of hydrogen-bond donors (Lipinski definition) is 7. The molecular formula is C24H31N7O7. The van der Waals surface area contributed by atoms with Gasteiger partial charge in [0.05, 0.1) is 6.61 Å². The lowest BCUT2D eigenvalue weighted by molar-refractivity contribution is -0.224. The van der Waals surface area contributed by atoms with Crippen molar-refractivity contribution < 1.29 is 34.8 Å². The van der Waals surface area contributed by atoms with E-state index in [0.717, 1.165) is 22.8 Å². The Morgan fingerprint density at radius 1 is 1.18 bits per heavy atom. The van der Waals surface area contributed by atoms with Gasteiger partial charge < -0.3 is 36.2 Å². The number of carboxylic acids is 1. The van der Waals surface area contributed by atoms with Crippen LogP contribution in [0.2, 0.25) is 0 Å². The average Bonchev–Trinajstić information content (AvgIpc) is 3.41. The van der Waals surface area contributed by atoms with Crippen molar-refractivity contribution in [3.05, 3.63) is 48.5 Å². The summed E-state index contributed by atoms with van der Waals surface area (Å²) in [5.41, 5.74) is -0.704. The first-order chi connectivity index (χ1) is 18.1. The second-order valence-electron chi connectivity index (χ2n) is 9.03. The van der Waals surface area contributed by atoms with Gasteiger partial charge in [-0.05, 0) is 25.3 Å². The molecule has 1 amide bonds. The number of fused-ring (bicyclic) bond motifs is 1. The normalized spacial score (nSPS) is 27.0. The van der Waals surface area contributed by atoms with Crippen molar-refractivity contribution in [3.8, 4) is 0 Å². The van der Waals surface area contributed by atoms with Gasteiger partial charge in [0.1, 0.15) is 29.9 Å². The molecule has 0 bridgehead atoms. The van der Waals surface area contributed by atoms with Crippen LogP contribution in [0.5, 0.6) is 0 Å². The molecule has 1 aliphatic rings. The number of ether oxygens (including phenoxy) is 1. The quantitative estimate of drug-likeness (QED) is 0.144. The molecule has 0 radical (unpaired) electrons. The molecule has 14 nitrogen and oxygen atoms in total. The minimum absolute atomic E-state index is 0.00165. The number of carboxylic acid groups (broad SMARTS) is 1. The van der Waals surface area contributed by atoms with E-state index in [-0.39, 0.29) is 30.1 Å². The maximum atomic E-state index is 13.9. The Labute approximate surface area is 217 Å². The third-order valence-corrected chi connectivity index (χ3v) is 6.83. The fourth-order valence-electron chi connectivity index (χ4n) is 4.97. The number of aliphatic hydroxyl groups is 3. The van der Waals surface area contributed by atoms with Crippen LogP contribution >= 0.6 is 0 Å². The molecule has 0 unspecified atom stereocenters. The molecule has 0 saturated carbocycles. The fourth-order valence-corrected chi connectivity index (χ4v) is 4.97. The van der Waals surface area contributed by atoms with Crippen LogP contribution in [-0.4, -0.2) is 88.9 Å². The molecule has 3 aromatic rings. The highest BCUT2D eigenvalue weighted by Crippen LogP contribution is 2.51. The third-order valence-electron chi connectivity index (χ3n) is 6.83. The Kier molecular flexibility index (Phi) is 7.62. The summed E-state index contributed by atoms with van der Waals surface area (Å²) in [7, 11) is 0. The average molecular weight is 530 g/mol. The molecule has 4 rings (SSSR count). The number of nitrogens with one attached hydrogen (secondary N) is 2. The molecule has 4 atom stereocenters. The monoisotopic (exact) mass is 529 g/mol. The van der Waals surface area contributed by atoms with Crippen molar-refractivity contribution in [1.82, 2.24) is 30.2 Å². The van der Waals surface area contributed by atoms with E-state index in [1.807, 2.05) is 30.3 Å². The molecule has 1 fully saturated rings. The molecule has 1 aliphatic heterocycles. The van der Waals surface area contributed by atoms with E-state index >= 15 is 0 Å². The zero-order valence-corrected chi connectivity index (χ0v) is 20.7. The number of benzene rings is 1. The first-order valence-electron chi connectivity index (χ1n) is 12.1. The van der Waals surface area contributed by atoms with Crippen LogP contribution in [0, 0.1) is 0 Å². The first-order valence-corrected chi connectivity index (χ1v) is 12.1. The van der Waals surface area contributed by atoms with Crippen LogP contribution in [0.25, 0.3) is 11.2 Å². The largest absolute Gasteiger partial charge is 0.481 e. The van der Waals surface area contributed by atoms with Crippen molar-refractivity contribution in [2.75, 3.05) is 25.4 Å². The zero-order valence-electron chi connectivity index (χ0n) is 20.7. The lowest BCUT2D eigenvalue weighted by Gasteiger charge is -2.46. The first kappa shape index (κ1) is 27.3. The van der Waals surface area contributed by atoms with Crippen molar-refractivity contribution in [2.45, 2.75) is 49.3 Å². The maximum Gasteiger partial charge on any atom is 0.303 e. The van der Waals surface area contributed by atoms with Gasteiger partial charge in [-0.15, -0.1) is 0 Å². The molecule has 1 saturated heterocycles. The van der Waals surface area contributed by atoms with E-state index in [2.05, 4.69) is 25.6 Å². The molecule has 3 heterocycles. The number of likely N-dealkylation sites (N-methyl/N-ethyl adjacent to an activating group) is 1. The molecule has 1 aromatic carbocycles. The number of aromatic nitrogens is 4. The van der Waals surface area contributed by atoms with Crippen LogP contribution in [0.3, 0.4) is 0 Å². The summed E-state index contributed by atoms with van der Waals surface area (Å²) in [5, 5.41) is 49.5. The number of nitrogens with zero attached hydrogens (tertiary/aromatic N) is 4. The zero-order chi connectivity index (χ0) is 27.6. The number of aliphatic hydroxyl groups excluding tert-OH is 1. The van der Waals surface area contributed by atoms with Gasteiger partial charge in [-0.3, -0.25) is 19.5 Å². The SMILES string of the molecule is CCNC(=O)[C@@]1(n2cnc3c(N)ncnc32)O[C@H](CO)[C@](O)(CCC(=O)O)[C@]1(O)NCCc1ccccc1. The standard InChI is InChI=1S/C24H31N7O7/c1-2-26-21(35)23(31-14-29-18-19(25)27-13-28-20(18)31)24(37,30-11-9-15-6-4-3-5-7-15)22(36,10-8-17(33)34)16(12-32)38-23/h3-7,13-14,16,30,32,36-37H,2,8-12H2,1H3,(H,26,35)(H,33,34)(H2,25,27,28)/t16-,22-,23-,24-/m1/s1. The number of aliphatic carboxylic acids is 1. The summed E-state index contributed by atoms with van der Waals surface area (Å²) in [5.74, 6) is -2.15. The summed E-state index contributed by atoms with van der Waals surface area (Å²) in [6, 6.07) is 9.26. The summed E-state index contributed by atoms with van der Waals surface area (Å²) < 4.78 is 7.19. The van der Waals surface area contributed by atoms with Crippen LogP contribution < -0.4 is 16.4 Å². The summed E-state index contributed by atoms with van der Waals surface area (Å²) in [4.78, 5) is 37.6. The molecule has 8 N–H and O–H groups in total. The second-order valence-corrected chi connectivity index (χ2v) is 9.03. The van der Waals surface area contributed by atoms with Gasteiger partial charge in [0, 0.05) is 19.5 Å². The van der Waals surface area contributed by atoms with Crippen LogP contribution in [0.1, 0.15) is 25.3 Å². The van der Waals surface area contributed by atoms with Gasteiger partial charge in [-0.2, -0.15) is 0 Å². The number of nitrogens with two attached hydrogens (primary N) is 1. The van der Waals surface area contributed by atoms with E-state index in [1.54, 1.807) is 6.92 Å². The smallest absolute Gasteiger partial charge is 0.303 e. The topological polar surface area (TPSA) is 218 Å². The van der Waals surface area contributed by atoms with Gasteiger partial charge >= 0.3 is 5.97 Å². The highest BCUT2D eigenvalue weighted by atomic mass is 16.6. The van der Waals surface area contributed by atoms with Crippen molar-refractivity contribution in [2.24, 2.45) is 0 Å². The van der Waals surface area contributed by atoms with E-state index in [4.69, 9.17) is 10.5 Å². The van der Waals surface area contributed by atoms with Crippen LogP contribution in [0.15, 0.2) is 43.0 Å². The van der Waals surface area contributed by atoms with E-state index in [9.17, 15) is 30.0 Å². The highest BCUT2D eigenvalue weighted by molar-refractivity contribution is 5.89. The Morgan fingerprint density at radius 2 is 1.92 bits per heavy atom. The number of hydrogen-bond acceptors (Lipinski definition) is 11. The fraction of sp³-hybridized carbons (Fsp3) is 0.458. The maximum absolute atomic E-state index is 13.9. The number of carbonyl (C=O) groups excluding carboxylic acids is 1. The van der Waals surface area contributed by atoms with Gasteiger partial charge in [0.25, 0.3) is 11.6 Å². The number of anilines is 1. The number of imidazole rings is 1. The van der Waals surface area contributed by atoms with Crippen LogP contribution in [0.4, 0.5) is 5.82 Å². The number of carbonyl (C=O) groups is 2. The summed E-state index contributed by atoms with van der Waals surface area (Å²) in [6.45, 7) is 0.950. The third kappa shape index (κ3) is 4.25. The van der Waals surface area contributed by atoms with Crippen molar-refractivity contribution >= 4 is 28.9 Å². The summed E-state index contributed by atoms with van der Waals surface area (Å²) >= 11 is 0. The number of nitrogen functional groups attached to an aromatic ring is 1. The lowest BCUT2D eigenvalue weighted by atomic mass is 9.77. The molecule has 38 heavy (non-hydrogen) atoms.